The van der Waals surface area contributed by atoms with Crippen LogP contribution in [0.3, 0.4) is 0 Å². The molecule has 0 fully saturated rings. The lowest BCUT2D eigenvalue weighted by Gasteiger charge is -2.01. The van der Waals surface area contributed by atoms with Gasteiger partial charge in [-0.25, -0.2) is 0 Å². The lowest BCUT2D eigenvalue weighted by atomic mass is 10.1. The van der Waals surface area contributed by atoms with E-state index < -0.39 is 0 Å². The fourth-order valence-electron chi connectivity index (χ4n) is 1.03. The Hall–Kier alpha value is -1.02. The van der Waals surface area contributed by atoms with Crippen molar-refractivity contribution in [2.45, 2.75) is 12.8 Å². The first-order chi connectivity index (χ1) is 6.22. The Morgan fingerprint density at radius 1 is 1.38 bits per heavy atom. The first-order valence-electron chi connectivity index (χ1n) is 4.03. The van der Waals surface area contributed by atoms with Crippen LogP contribution >= 0.6 is 11.6 Å². The first-order valence-corrected chi connectivity index (χ1v) is 4.41. The molecule has 0 amide bonds. The van der Waals surface area contributed by atoms with E-state index >= 15 is 0 Å². The summed E-state index contributed by atoms with van der Waals surface area (Å²) in [5.74, 6) is 0.820. The third kappa shape index (κ3) is 3.47. The van der Waals surface area contributed by atoms with Crippen LogP contribution in [0.1, 0.15) is 12.0 Å². The smallest absolute Gasteiger partial charge is 0.221 e. The molecule has 3 heteroatoms. The summed E-state index contributed by atoms with van der Waals surface area (Å²) in [6.07, 6.45) is 1.07. The number of halogens is 1. The molecule has 0 aliphatic carbocycles. The molecule has 0 N–H and O–H groups in total. The number of hydrogen-bond donors (Lipinski definition) is 0. The van der Waals surface area contributed by atoms with Crippen molar-refractivity contribution < 1.29 is 9.53 Å². The summed E-state index contributed by atoms with van der Waals surface area (Å²) >= 11 is 5.22. The van der Waals surface area contributed by atoms with E-state index in [1.165, 1.54) is 0 Å². The highest BCUT2D eigenvalue weighted by Gasteiger charge is 1.98. The predicted molar refractivity (Wildman–Crippen MR) is 52.2 cm³/mol. The molecule has 0 saturated heterocycles. The topological polar surface area (TPSA) is 26.3 Å². The highest BCUT2D eigenvalue weighted by atomic mass is 35.5. The van der Waals surface area contributed by atoms with Crippen LogP contribution in [0, 0.1) is 0 Å². The molecule has 0 heterocycles. The van der Waals surface area contributed by atoms with Crippen LogP contribution in [0.2, 0.25) is 0 Å². The number of carbonyl (C=O) groups is 1. The summed E-state index contributed by atoms with van der Waals surface area (Å²) in [6.45, 7) is 0. The van der Waals surface area contributed by atoms with Crippen molar-refractivity contribution in [2.24, 2.45) is 0 Å². The molecule has 0 spiro atoms. The zero-order valence-electron chi connectivity index (χ0n) is 7.42. The Kier molecular flexibility index (Phi) is 3.77. The maximum Gasteiger partial charge on any atom is 0.221 e. The highest BCUT2D eigenvalue weighted by Crippen LogP contribution is 2.12. The van der Waals surface area contributed by atoms with Gasteiger partial charge < -0.3 is 4.74 Å². The van der Waals surface area contributed by atoms with E-state index in [1.807, 2.05) is 24.3 Å². The quantitative estimate of drug-likeness (QED) is 0.695. The molecule has 1 aromatic rings. The van der Waals surface area contributed by atoms with Gasteiger partial charge in [0, 0.05) is 6.42 Å². The van der Waals surface area contributed by atoms with E-state index in [0.717, 1.165) is 11.3 Å². The van der Waals surface area contributed by atoms with Crippen LogP contribution < -0.4 is 4.74 Å². The molecule has 0 aromatic heterocycles. The van der Waals surface area contributed by atoms with Gasteiger partial charge in [0.1, 0.15) is 5.75 Å². The normalized spacial score (nSPS) is 9.69. The number of carbonyl (C=O) groups excluding carboxylic acids is 1. The van der Waals surface area contributed by atoms with Crippen molar-refractivity contribution in [2.75, 3.05) is 7.11 Å². The van der Waals surface area contributed by atoms with Gasteiger partial charge in [0.15, 0.2) is 0 Å². The monoisotopic (exact) mass is 198 g/mol. The zero-order chi connectivity index (χ0) is 9.68. The molecule has 1 aromatic carbocycles. The average molecular weight is 199 g/mol. The third-order valence-corrected chi connectivity index (χ3v) is 1.96. The second-order valence-electron chi connectivity index (χ2n) is 2.70. The van der Waals surface area contributed by atoms with Gasteiger partial charge in [-0.15, -0.1) is 0 Å². The molecule has 0 atom stereocenters. The van der Waals surface area contributed by atoms with E-state index in [0.29, 0.717) is 12.8 Å². The van der Waals surface area contributed by atoms with Gasteiger partial charge >= 0.3 is 0 Å². The van der Waals surface area contributed by atoms with Crippen molar-refractivity contribution in [3.8, 4) is 5.75 Å². The van der Waals surface area contributed by atoms with Gasteiger partial charge in [0.2, 0.25) is 5.24 Å². The van der Waals surface area contributed by atoms with Crippen LogP contribution in [-0.4, -0.2) is 12.4 Å². The van der Waals surface area contributed by atoms with Crippen molar-refractivity contribution in [1.29, 1.82) is 0 Å². The van der Waals surface area contributed by atoms with Crippen molar-refractivity contribution in [1.82, 2.24) is 0 Å². The van der Waals surface area contributed by atoms with Gasteiger partial charge in [0.05, 0.1) is 7.11 Å². The van der Waals surface area contributed by atoms with Crippen LogP contribution in [0.5, 0.6) is 5.75 Å². The fraction of sp³-hybridized carbons (Fsp3) is 0.300. The molecule has 13 heavy (non-hydrogen) atoms. The number of hydrogen-bond acceptors (Lipinski definition) is 2. The van der Waals surface area contributed by atoms with Crippen molar-refractivity contribution in [3.63, 3.8) is 0 Å². The second kappa shape index (κ2) is 4.87. The number of rotatable bonds is 4. The largest absolute Gasteiger partial charge is 0.497 e. The molecular formula is C10H11ClO2. The highest BCUT2D eigenvalue weighted by molar-refractivity contribution is 6.63. The van der Waals surface area contributed by atoms with E-state index in [9.17, 15) is 4.79 Å². The fourth-order valence-corrected chi connectivity index (χ4v) is 1.13. The van der Waals surface area contributed by atoms with Gasteiger partial charge in [-0.05, 0) is 35.7 Å². The molecule has 0 saturated carbocycles. The SMILES string of the molecule is COc1ccc(CCC(=O)Cl)cc1. The molecule has 0 aliphatic rings. The summed E-state index contributed by atoms with van der Waals surface area (Å²) in [7, 11) is 1.62. The maximum absolute atomic E-state index is 10.5. The average Bonchev–Trinajstić information content (AvgIpc) is 2.15. The van der Waals surface area contributed by atoms with Gasteiger partial charge in [-0.3, -0.25) is 4.79 Å². The molecule has 0 unspecified atom stereocenters. The van der Waals surface area contributed by atoms with Crippen molar-refractivity contribution in [3.05, 3.63) is 29.8 Å². The number of aryl methyl sites for hydroxylation is 1. The molecular weight excluding hydrogens is 188 g/mol. The van der Waals surface area contributed by atoms with Gasteiger partial charge in [-0.2, -0.15) is 0 Å². The van der Waals surface area contributed by atoms with E-state index in [2.05, 4.69) is 0 Å². The summed E-state index contributed by atoms with van der Waals surface area (Å²) in [5.41, 5.74) is 1.09. The Bertz CT molecular complexity index is 279. The minimum Gasteiger partial charge on any atom is -0.497 e. The molecule has 0 radical (unpaired) electrons. The van der Waals surface area contributed by atoms with E-state index in [1.54, 1.807) is 7.11 Å². The standard InChI is InChI=1S/C10H11ClO2/c1-13-9-5-2-8(3-6-9)4-7-10(11)12/h2-3,5-6H,4,7H2,1H3. The summed E-state index contributed by atoms with van der Waals surface area (Å²) in [6, 6.07) is 7.60. The second-order valence-corrected chi connectivity index (χ2v) is 3.12. The number of methoxy groups -OCH3 is 1. The predicted octanol–water partition coefficient (Wildman–Crippen LogP) is 2.39. The van der Waals surface area contributed by atoms with Crippen molar-refractivity contribution >= 4 is 16.8 Å². The summed E-state index contributed by atoms with van der Waals surface area (Å²) < 4.78 is 5.00. The number of ether oxygens (including phenoxy) is 1. The van der Waals surface area contributed by atoms with E-state index in [-0.39, 0.29) is 5.24 Å². The minimum absolute atomic E-state index is 0.296. The van der Waals surface area contributed by atoms with Gasteiger partial charge in [-0.1, -0.05) is 12.1 Å². The first kappa shape index (κ1) is 10.1. The molecule has 0 aliphatic heterocycles. The van der Waals surface area contributed by atoms with Crippen LogP contribution in [0.15, 0.2) is 24.3 Å². The lowest BCUT2D eigenvalue weighted by molar-refractivity contribution is -0.111. The lowest BCUT2D eigenvalue weighted by Crippen LogP contribution is -1.91. The Morgan fingerprint density at radius 2 is 2.00 bits per heavy atom. The Balaban J connectivity index is 2.54. The van der Waals surface area contributed by atoms with Crippen LogP contribution in [0.25, 0.3) is 0 Å². The molecule has 70 valence electrons. The molecule has 2 nitrogen and oxygen atoms in total. The summed E-state index contributed by atoms with van der Waals surface area (Å²) in [4.78, 5) is 10.5. The van der Waals surface area contributed by atoms with E-state index in [4.69, 9.17) is 16.3 Å². The Morgan fingerprint density at radius 3 is 2.46 bits per heavy atom. The minimum atomic E-state index is -0.296. The third-order valence-electron chi connectivity index (χ3n) is 1.77. The number of benzene rings is 1. The molecule has 0 bridgehead atoms. The Labute approximate surface area is 82.5 Å². The molecule has 1 rings (SSSR count). The summed E-state index contributed by atoms with van der Waals surface area (Å²) in [5, 5.41) is -0.296. The van der Waals surface area contributed by atoms with Crippen LogP contribution in [0.4, 0.5) is 0 Å². The van der Waals surface area contributed by atoms with Gasteiger partial charge in [0.25, 0.3) is 0 Å². The van der Waals surface area contributed by atoms with Crippen LogP contribution in [-0.2, 0) is 11.2 Å². The zero-order valence-corrected chi connectivity index (χ0v) is 8.17. The maximum atomic E-state index is 10.5.